The number of hydrogen-bond donors (Lipinski definition) is 1. The van der Waals surface area contributed by atoms with Crippen molar-refractivity contribution in [2.24, 2.45) is 11.8 Å². The minimum absolute atomic E-state index is 0.00509. The number of methoxy groups -OCH3 is 1. The number of benzene rings is 2. The molecule has 0 saturated carbocycles. The Morgan fingerprint density at radius 2 is 1.57 bits per heavy atom. The molecule has 0 unspecified atom stereocenters. The van der Waals surface area contributed by atoms with Gasteiger partial charge in [-0.1, -0.05) is 49.4 Å². The number of carbonyl (C=O) groups is 4. The van der Waals surface area contributed by atoms with Gasteiger partial charge in [0.05, 0.1) is 38.5 Å². The third-order valence-electron chi connectivity index (χ3n) is 8.45. The molecular weight excluding hydrogens is 560 g/mol. The highest BCUT2D eigenvalue weighted by Gasteiger charge is 2.50. The molecule has 2 heterocycles. The molecule has 9 heteroatoms. The minimum Gasteiger partial charge on any atom is -0.497 e. The largest absolute Gasteiger partial charge is 0.497 e. The third-order valence-corrected chi connectivity index (χ3v) is 8.45. The average Bonchev–Trinajstić information content (AvgIpc) is 3.74. The SMILES string of the molecule is COc1ccc(C[C@H](CC(=O)[C@H](C)CC(=O)CN2C[C@@H](C)O[C@@H](C)C2)C(=O)N[C@@H](Cc2ccccc2)C(=O)[C@@]2(C)CO2)cc1. The van der Waals surface area contributed by atoms with Gasteiger partial charge in [0.15, 0.2) is 5.78 Å². The Bertz CT molecular complexity index is 1280. The molecule has 238 valence electrons. The van der Waals surface area contributed by atoms with Gasteiger partial charge in [-0.05, 0) is 56.9 Å². The molecule has 0 aliphatic carbocycles. The molecule has 0 radical (unpaired) electrons. The van der Waals surface area contributed by atoms with Crippen LogP contribution in [0.3, 0.4) is 0 Å². The molecule has 2 fully saturated rings. The number of morpholine rings is 1. The molecule has 2 aromatic carbocycles. The number of carbonyl (C=O) groups excluding carboxylic acids is 4. The third kappa shape index (κ3) is 9.55. The van der Waals surface area contributed by atoms with Crippen molar-refractivity contribution in [3.8, 4) is 5.75 Å². The molecule has 44 heavy (non-hydrogen) atoms. The number of ether oxygens (including phenoxy) is 3. The maximum absolute atomic E-state index is 13.9. The van der Waals surface area contributed by atoms with E-state index in [0.717, 1.165) is 11.1 Å². The molecule has 2 saturated heterocycles. The van der Waals surface area contributed by atoms with Crippen molar-refractivity contribution in [1.29, 1.82) is 0 Å². The van der Waals surface area contributed by atoms with Crippen molar-refractivity contribution in [3.05, 3.63) is 65.7 Å². The Balaban J connectivity index is 1.45. The smallest absolute Gasteiger partial charge is 0.224 e. The maximum Gasteiger partial charge on any atom is 0.224 e. The summed E-state index contributed by atoms with van der Waals surface area (Å²) in [6, 6.07) is 16.1. The fourth-order valence-electron chi connectivity index (χ4n) is 5.90. The summed E-state index contributed by atoms with van der Waals surface area (Å²) in [6.45, 7) is 9.40. The number of amides is 1. The summed E-state index contributed by atoms with van der Waals surface area (Å²) >= 11 is 0. The van der Waals surface area contributed by atoms with Crippen LogP contribution in [0.5, 0.6) is 5.75 Å². The number of epoxide rings is 1. The Morgan fingerprint density at radius 1 is 0.955 bits per heavy atom. The van der Waals surface area contributed by atoms with Gasteiger partial charge in [-0.3, -0.25) is 24.1 Å². The number of rotatable bonds is 16. The maximum atomic E-state index is 13.9. The molecule has 0 bridgehead atoms. The predicted molar refractivity (Wildman–Crippen MR) is 166 cm³/mol. The van der Waals surface area contributed by atoms with Crippen molar-refractivity contribution in [3.63, 3.8) is 0 Å². The van der Waals surface area contributed by atoms with Gasteiger partial charge in [0.2, 0.25) is 5.91 Å². The molecule has 2 aliphatic rings. The molecule has 1 amide bonds. The first kappa shape index (κ1) is 33.5. The lowest BCUT2D eigenvalue weighted by atomic mass is 9.87. The van der Waals surface area contributed by atoms with E-state index in [1.165, 1.54) is 0 Å². The molecule has 1 N–H and O–H groups in total. The van der Waals surface area contributed by atoms with E-state index >= 15 is 0 Å². The summed E-state index contributed by atoms with van der Waals surface area (Å²) < 4.78 is 16.5. The van der Waals surface area contributed by atoms with Gasteiger partial charge in [-0.2, -0.15) is 0 Å². The van der Waals surface area contributed by atoms with Gasteiger partial charge in [0.25, 0.3) is 0 Å². The van der Waals surface area contributed by atoms with Crippen LogP contribution in [0.2, 0.25) is 0 Å². The van der Waals surface area contributed by atoms with Crippen molar-refractivity contribution < 1.29 is 33.4 Å². The van der Waals surface area contributed by atoms with E-state index in [4.69, 9.17) is 14.2 Å². The van der Waals surface area contributed by atoms with Gasteiger partial charge >= 0.3 is 0 Å². The number of ketones is 3. The first-order valence-electron chi connectivity index (χ1n) is 15.5. The highest BCUT2D eigenvalue weighted by atomic mass is 16.6. The van der Waals surface area contributed by atoms with Crippen LogP contribution in [0.25, 0.3) is 0 Å². The molecule has 2 aromatic rings. The molecule has 9 nitrogen and oxygen atoms in total. The first-order chi connectivity index (χ1) is 21.0. The molecule has 4 rings (SSSR count). The molecular formula is C35H46N2O7. The van der Waals surface area contributed by atoms with Crippen LogP contribution in [-0.2, 0) is 41.5 Å². The van der Waals surface area contributed by atoms with Crippen molar-refractivity contribution >= 4 is 23.3 Å². The lowest BCUT2D eigenvalue weighted by Crippen LogP contribution is -2.49. The second kappa shape index (κ2) is 15.1. The fourth-order valence-corrected chi connectivity index (χ4v) is 5.90. The molecule has 2 aliphatic heterocycles. The summed E-state index contributed by atoms with van der Waals surface area (Å²) in [7, 11) is 1.58. The summed E-state index contributed by atoms with van der Waals surface area (Å²) in [5, 5.41) is 2.97. The van der Waals surface area contributed by atoms with Crippen LogP contribution in [0.1, 0.15) is 51.7 Å². The van der Waals surface area contributed by atoms with Gasteiger partial charge in [-0.25, -0.2) is 0 Å². The Morgan fingerprint density at radius 3 is 2.16 bits per heavy atom. The molecule has 0 spiro atoms. The van der Waals surface area contributed by atoms with Gasteiger partial charge in [-0.15, -0.1) is 0 Å². The number of Topliss-reactive ketones (excluding diaryl/α,β-unsaturated/α-hetero) is 3. The summed E-state index contributed by atoms with van der Waals surface area (Å²) in [4.78, 5) is 55.8. The van der Waals surface area contributed by atoms with E-state index in [1.54, 1.807) is 21.0 Å². The van der Waals surface area contributed by atoms with Crippen LogP contribution < -0.4 is 10.1 Å². The zero-order chi connectivity index (χ0) is 31.9. The van der Waals surface area contributed by atoms with E-state index in [2.05, 4.69) is 10.2 Å². The number of nitrogens with zero attached hydrogens (tertiary/aromatic N) is 1. The second-order valence-electron chi connectivity index (χ2n) is 12.6. The van der Waals surface area contributed by atoms with Crippen LogP contribution in [0, 0.1) is 11.8 Å². The summed E-state index contributed by atoms with van der Waals surface area (Å²) in [5.74, 6) is -1.29. The average molecular weight is 607 g/mol. The highest BCUT2D eigenvalue weighted by molar-refractivity contribution is 5.98. The van der Waals surface area contributed by atoms with E-state index in [1.807, 2.05) is 68.4 Å². The van der Waals surface area contributed by atoms with Crippen molar-refractivity contribution in [2.45, 2.75) is 77.2 Å². The summed E-state index contributed by atoms with van der Waals surface area (Å²) in [6.07, 6.45) is 0.783. The number of nitrogens with one attached hydrogen (secondary N) is 1. The minimum atomic E-state index is -0.918. The van der Waals surface area contributed by atoms with Crippen LogP contribution in [-0.4, -0.2) is 85.4 Å². The molecule has 0 aromatic heterocycles. The van der Waals surface area contributed by atoms with Crippen LogP contribution in [0.4, 0.5) is 0 Å². The highest BCUT2D eigenvalue weighted by Crippen LogP contribution is 2.29. The van der Waals surface area contributed by atoms with E-state index in [9.17, 15) is 19.2 Å². The Kier molecular flexibility index (Phi) is 11.5. The number of hydrogen-bond acceptors (Lipinski definition) is 8. The zero-order valence-electron chi connectivity index (χ0n) is 26.5. The summed E-state index contributed by atoms with van der Waals surface area (Å²) in [5.41, 5.74) is 0.856. The van der Waals surface area contributed by atoms with Gasteiger partial charge < -0.3 is 19.5 Å². The van der Waals surface area contributed by atoms with Gasteiger partial charge in [0, 0.05) is 37.8 Å². The Hall–Kier alpha value is -3.40. The lowest BCUT2D eigenvalue weighted by Gasteiger charge is -2.34. The van der Waals surface area contributed by atoms with Crippen molar-refractivity contribution in [2.75, 3.05) is 33.4 Å². The molecule has 6 atom stereocenters. The van der Waals surface area contributed by atoms with E-state index in [-0.39, 0.29) is 54.9 Å². The lowest BCUT2D eigenvalue weighted by molar-refractivity contribution is -0.135. The second-order valence-corrected chi connectivity index (χ2v) is 12.6. The first-order valence-corrected chi connectivity index (χ1v) is 15.5. The van der Waals surface area contributed by atoms with Crippen LogP contribution in [0.15, 0.2) is 54.6 Å². The van der Waals surface area contributed by atoms with Gasteiger partial charge in [0.1, 0.15) is 22.9 Å². The topological polar surface area (TPSA) is 115 Å². The quantitative estimate of drug-likeness (QED) is 0.289. The monoisotopic (exact) mass is 606 g/mol. The van der Waals surface area contributed by atoms with E-state index < -0.39 is 23.5 Å². The van der Waals surface area contributed by atoms with Crippen molar-refractivity contribution in [1.82, 2.24) is 10.2 Å². The fraction of sp³-hybridized carbons (Fsp3) is 0.543. The van der Waals surface area contributed by atoms with E-state index in [0.29, 0.717) is 38.3 Å². The zero-order valence-corrected chi connectivity index (χ0v) is 26.5. The Labute approximate surface area is 260 Å². The normalized spacial score (nSPS) is 23.7. The van der Waals surface area contributed by atoms with Crippen LogP contribution >= 0.6 is 0 Å². The standard InChI is InChI=1S/C35H46N2O7/c1-23(15-29(38)21-37-19-24(2)44-25(3)20-37)32(39)18-28(16-27-11-13-30(42-5)14-12-27)34(41)36-31(33(40)35(4)22-43-35)17-26-9-7-6-8-10-26/h6-14,23-25,28,31H,15-22H2,1-5H3,(H,36,41)/t23-,24-,25+,28-,31+,35-/m1/s1. The predicted octanol–water partition coefficient (Wildman–Crippen LogP) is 3.60.